The van der Waals surface area contributed by atoms with Crippen molar-refractivity contribution >= 4 is 11.0 Å². The molecule has 4 nitrogen and oxygen atoms in total. The van der Waals surface area contributed by atoms with Crippen LogP contribution in [0, 0.1) is 12.9 Å². The fourth-order valence-electron chi connectivity index (χ4n) is 8.17. The molecule has 0 bridgehead atoms. The largest absolute Gasteiger partial charge is 0.507 e. The zero-order chi connectivity index (χ0) is 45.0. The van der Waals surface area contributed by atoms with Crippen molar-refractivity contribution in [1.82, 2.24) is 14.5 Å². The minimum absolute atomic E-state index is 0. The average Bonchev–Trinajstić information content (AvgIpc) is 3.68. The normalized spacial score (nSPS) is 12.6. The minimum atomic E-state index is -2.33. The number of pyridine rings is 1. The van der Waals surface area contributed by atoms with Gasteiger partial charge >= 0.3 is 0 Å². The number of hydrogen-bond donors (Lipinski definition) is 1. The van der Waals surface area contributed by atoms with E-state index in [1.807, 2.05) is 97.2 Å². The number of phenols is 1. The van der Waals surface area contributed by atoms with Gasteiger partial charge in [0, 0.05) is 48.2 Å². The molecule has 0 aliphatic rings. The van der Waals surface area contributed by atoms with Crippen molar-refractivity contribution in [1.29, 1.82) is 0 Å². The van der Waals surface area contributed by atoms with Gasteiger partial charge in [-0.15, -0.1) is 23.8 Å². The number of aromatic hydroxyl groups is 1. The quantitative estimate of drug-likeness (QED) is 0.162. The van der Waals surface area contributed by atoms with Crippen LogP contribution < -0.4 is 0 Å². The van der Waals surface area contributed by atoms with Crippen molar-refractivity contribution in [3.63, 3.8) is 0 Å². The molecule has 0 radical (unpaired) electrons. The van der Waals surface area contributed by atoms with E-state index in [1.165, 1.54) is 0 Å². The van der Waals surface area contributed by atoms with Crippen molar-refractivity contribution < 1.29 is 30.3 Å². The van der Waals surface area contributed by atoms with Gasteiger partial charge in [-0.3, -0.25) is 9.55 Å². The molecule has 0 spiro atoms. The Kier molecular flexibility index (Phi) is 10.5. The van der Waals surface area contributed by atoms with Crippen molar-refractivity contribution in [2.75, 3.05) is 0 Å². The van der Waals surface area contributed by atoms with Gasteiger partial charge in [-0.1, -0.05) is 185 Å². The van der Waals surface area contributed by atoms with Gasteiger partial charge in [-0.25, -0.2) is 4.98 Å². The molecule has 310 valence electrons. The van der Waals surface area contributed by atoms with Crippen molar-refractivity contribution in [3.8, 4) is 78.6 Å². The summed E-state index contributed by atoms with van der Waals surface area (Å²) in [6.45, 7) is 10.5. The number of fused-ring (bicyclic) bond motifs is 1. The summed E-state index contributed by atoms with van der Waals surface area (Å²) < 4.78 is 27.3. The second-order valence-corrected chi connectivity index (χ2v) is 17.8. The van der Waals surface area contributed by atoms with Crippen molar-refractivity contribution in [2.45, 2.75) is 59.2 Å². The molecule has 0 saturated heterocycles. The smallest absolute Gasteiger partial charge is 0.148 e. The number of para-hydroxylation sites is 1. The average molecular weight is 991 g/mol. The summed E-state index contributed by atoms with van der Waals surface area (Å²) >= 11 is 0. The van der Waals surface area contributed by atoms with Gasteiger partial charge in [0.15, 0.2) is 0 Å². The predicted octanol–water partition coefficient (Wildman–Crippen LogP) is 14.8. The minimum Gasteiger partial charge on any atom is -0.507 e. The molecule has 2 heterocycles. The second-order valence-electron chi connectivity index (χ2n) is 17.8. The molecule has 0 amide bonds. The Hall–Kier alpha value is -6.35. The standard InChI is InChI=1S/C57H50N3O.Pt/c1-37-26-27-51(47(30-37)40-22-15-10-16-23-40)60-52-25-17-24-46(53(52)59-55(60)48-35-45(56(2,3)4)36-49(54(48)61)57(5,6)7)43-31-42(39-20-13-9-14-21-39)32-44(33-43)50-34-41(28-29-58-50)38-18-11-8-12-19-38;/h8-32,34-36,61H,1-7H3;/q-1;/i1D3;. The first kappa shape index (κ1) is 38.6. The second kappa shape index (κ2) is 16.8. The molecular formula is C57H50N3OPt-. The van der Waals surface area contributed by atoms with Gasteiger partial charge in [0.2, 0.25) is 0 Å². The molecule has 7 aromatic carbocycles. The van der Waals surface area contributed by atoms with Gasteiger partial charge in [0.25, 0.3) is 0 Å². The van der Waals surface area contributed by atoms with Crippen LogP contribution in [0.2, 0.25) is 0 Å². The first-order valence-corrected chi connectivity index (χ1v) is 20.8. The Morgan fingerprint density at radius 1 is 0.565 bits per heavy atom. The maximum absolute atomic E-state index is 12.5. The Bertz CT molecular complexity index is 3170. The van der Waals surface area contributed by atoms with E-state index in [1.54, 1.807) is 12.1 Å². The third-order valence-corrected chi connectivity index (χ3v) is 11.4. The predicted molar refractivity (Wildman–Crippen MR) is 254 cm³/mol. The number of aromatic nitrogens is 3. The van der Waals surface area contributed by atoms with Crippen molar-refractivity contribution in [3.05, 3.63) is 193 Å². The van der Waals surface area contributed by atoms with Crippen molar-refractivity contribution in [2.24, 2.45) is 0 Å². The summed E-state index contributed by atoms with van der Waals surface area (Å²) in [6, 6.07) is 58.3. The Morgan fingerprint density at radius 2 is 1.21 bits per heavy atom. The van der Waals surface area contributed by atoms with Gasteiger partial charge < -0.3 is 5.11 Å². The van der Waals surface area contributed by atoms with E-state index in [0.29, 0.717) is 16.9 Å². The van der Waals surface area contributed by atoms with Crippen LogP contribution in [0.5, 0.6) is 5.75 Å². The van der Waals surface area contributed by atoms with E-state index in [2.05, 4.69) is 113 Å². The summed E-state index contributed by atoms with van der Waals surface area (Å²) in [7, 11) is 0. The van der Waals surface area contributed by atoms with Gasteiger partial charge in [-0.05, 0) is 75.8 Å². The molecule has 9 aromatic rings. The monoisotopic (exact) mass is 990 g/mol. The summed E-state index contributed by atoms with van der Waals surface area (Å²) in [5, 5.41) is 12.5. The third-order valence-electron chi connectivity index (χ3n) is 11.4. The third kappa shape index (κ3) is 8.20. The van der Waals surface area contributed by atoms with Crippen LogP contribution in [0.4, 0.5) is 0 Å². The molecule has 0 atom stereocenters. The molecule has 0 fully saturated rings. The maximum Gasteiger partial charge on any atom is 0.148 e. The summed E-state index contributed by atoms with van der Waals surface area (Å²) in [5.74, 6) is 0.690. The first-order chi connectivity index (χ1) is 30.5. The topological polar surface area (TPSA) is 50.9 Å². The van der Waals surface area contributed by atoms with Gasteiger partial charge in [0.05, 0.1) is 22.3 Å². The van der Waals surface area contributed by atoms with Gasteiger partial charge in [-0.2, -0.15) is 0 Å². The van der Waals surface area contributed by atoms with Crippen LogP contribution in [0.25, 0.3) is 83.9 Å². The van der Waals surface area contributed by atoms with E-state index < -0.39 is 12.3 Å². The SMILES string of the molecule is [2H]C([2H])([2H])c1ccc(-n2c(-c3cc(C(C)(C)C)cc(C(C)(C)C)c3O)nc3c(-c4[c-]c(-c5cc(-c6ccccc6)ccn5)cc(-c5ccccc5)c4)cccc32)c(-c2ccccc2)c1.[Pt]. The van der Waals surface area contributed by atoms with E-state index in [4.69, 9.17) is 14.1 Å². The van der Waals surface area contributed by atoms with Crippen LogP contribution in [-0.4, -0.2) is 19.6 Å². The Morgan fingerprint density at radius 3 is 1.85 bits per heavy atom. The summed E-state index contributed by atoms with van der Waals surface area (Å²) in [4.78, 5) is 10.4. The molecule has 1 N–H and O–H groups in total. The number of rotatable bonds is 7. The van der Waals surface area contributed by atoms with Crippen LogP contribution in [0.3, 0.4) is 0 Å². The van der Waals surface area contributed by atoms with Gasteiger partial charge in [0.1, 0.15) is 11.6 Å². The van der Waals surface area contributed by atoms with Crippen LogP contribution in [-0.2, 0) is 31.9 Å². The zero-order valence-electron chi connectivity index (χ0n) is 38.8. The molecule has 0 aliphatic heterocycles. The van der Waals surface area contributed by atoms with E-state index in [0.717, 1.165) is 78.1 Å². The molecule has 2 aromatic heterocycles. The fourth-order valence-corrected chi connectivity index (χ4v) is 8.17. The molecule has 0 aliphatic carbocycles. The summed E-state index contributed by atoms with van der Waals surface area (Å²) in [5.41, 5.74) is 13.4. The molecule has 0 unspecified atom stereocenters. The number of nitrogens with zero attached hydrogens (tertiary/aromatic N) is 3. The zero-order valence-corrected chi connectivity index (χ0v) is 38.0. The van der Waals surface area contributed by atoms with E-state index in [9.17, 15) is 5.11 Å². The molecule has 62 heavy (non-hydrogen) atoms. The van der Waals surface area contributed by atoms with Crippen LogP contribution >= 0.6 is 0 Å². The number of hydrogen-bond acceptors (Lipinski definition) is 3. The van der Waals surface area contributed by atoms with E-state index in [-0.39, 0.29) is 37.8 Å². The number of imidazole rings is 1. The fraction of sp³-hybridized carbons (Fsp3) is 0.158. The molecule has 9 rings (SSSR count). The van der Waals surface area contributed by atoms with Crippen LogP contribution in [0.1, 0.15) is 62.3 Å². The number of aryl methyl sites for hydroxylation is 1. The summed E-state index contributed by atoms with van der Waals surface area (Å²) in [6.07, 6.45) is 1.85. The Balaban J connectivity index is 0.00000576. The first-order valence-electron chi connectivity index (χ1n) is 22.3. The van der Waals surface area contributed by atoms with E-state index >= 15 is 0 Å². The van der Waals surface area contributed by atoms with Crippen LogP contribution in [0.15, 0.2) is 170 Å². The number of phenolic OH excluding ortho intramolecular Hbond substituents is 1. The molecule has 0 saturated carbocycles. The molecular weight excluding hydrogens is 938 g/mol. The molecule has 5 heteroatoms. The Labute approximate surface area is 384 Å². The number of benzene rings is 7. The maximum atomic E-state index is 12.5.